The van der Waals surface area contributed by atoms with Gasteiger partial charge >= 0.3 is 0 Å². The molecule has 0 unspecified atom stereocenters. The molecule has 0 radical (unpaired) electrons. The van der Waals surface area contributed by atoms with Crippen LogP contribution >= 0.6 is 0 Å². The Balaban J connectivity index is 1.59. The average molecular weight is 311 g/mol. The first-order valence-electron chi connectivity index (χ1n) is 8.34. The second-order valence-corrected chi connectivity index (χ2v) is 6.53. The molecule has 0 amide bonds. The van der Waals surface area contributed by atoms with Crippen molar-refractivity contribution in [2.24, 2.45) is 0 Å². The van der Waals surface area contributed by atoms with Crippen LogP contribution in [0.3, 0.4) is 0 Å². The van der Waals surface area contributed by atoms with Crippen LogP contribution in [0.1, 0.15) is 36.8 Å². The van der Waals surface area contributed by atoms with E-state index in [1.54, 1.807) is 0 Å². The van der Waals surface area contributed by atoms with Crippen LogP contribution in [0, 0.1) is 0 Å². The summed E-state index contributed by atoms with van der Waals surface area (Å²) in [6, 6.07) is 12.6. The standard InChI is InChI=1S/C19H25N3O/c1-19(11-6-14-23-19)18-20-12-9-17(21-18)15-22(2)13-10-16-7-4-3-5-8-16/h3-5,7-9,12H,6,10-11,13-15H2,1-2H3/t19-/m1/s1. The largest absolute Gasteiger partial charge is 0.367 e. The predicted octanol–water partition coefficient (Wildman–Crippen LogP) is 3.18. The first-order chi connectivity index (χ1) is 11.2. The van der Waals surface area contributed by atoms with Crippen molar-refractivity contribution >= 4 is 0 Å². The molecule has 1 atom stereocenters. The van der Waals surface area contributed by atoms with Crippen LogP contribution in [0.4, 0.5) is 0 Å². The summed E-state index contributed by atoms with van der Waals surface area (Å²) in [6.07, 6.45) is 4.99. The van der Waals surface area contributed by atoms with E-state index >= 15 is 0 Å². The molecular formula is C19H25N3O. The molecule has 0 N–H and O–H groups in total. The van der Waals surface area contributed by atoms with Gasteiger partial charge < -0.3 is 9.64 Å². The SMILES string of the molecule is CN(CCc1ccccc1)Cc1ccnc([C@@]2(C)CCCO2)n1. The van der Waals surface area contributed by atoms with Gasteiger partial charge in [-0.2, -0.15) is 0 Å². The molecule has 2 heterocycles. The van der Waals surface area contributed by atoms with Crippen molar-refractivity contribution in [2.75, 3.05) is 20.2 Å². The van der Waals surface area contributed by atoms with Crippen LogP contribution in [0.2, 0.25) is 0 Å². The molecule has 23 heavy (non-hydrogen) atoms. The Morgan fingerprint density at radius 2 is 2.04 bits per heavy atom. The molecule has 122 valence electrons. The summed E-state index contributed by atoms with van der Waals surface area (Å²) < 4.78 is 5.85. The third kappa shape index (κ3) is 4.15. The fraction of sp³-hybridized carbons (Fsp3) is 0.474. The number of nitrogens with zero attached hydrogens (tertiary/aromatic N) is 3. The smallest absolute Gasteiger partial charge is 0.160 e. The monoisotopic (exact) mass is 311 g/mol. The number of hydrogen-bond donors (Lipinski definition) is 0. The molecule has 2 aromatic rings. The highest BCUT2D eigenvalue weighted by Crippen LogP contribution is 2.33. The van der Waals surface area contributed by atoms with Gasteiger partial charge in [-0.3, -0.25) is 0 Å². The van der Waals surface area contributed by atoms with Crippen molar-refractivity contribution in [1.29, 1.82) is 0 Å². The summed E-state index contributed by atoms with van der Waals surface area (Å²) in [7, 11) is 2.14. The minimum absolute atomic E-state index is 0.307. The maximum absolute atomic E-state index is 5.85. The fourth-order valence-electron chi connectivity index (χ4n) is 3.01. The summed E-state index contributed by atoms with van der Waals surface area (Å²) in [5.74, 6) is 0.823. The zero-order valence-electron chi connectivity index (χ0n) is 14.0. The van der Waals surface area contributed by atoms with Gasteiger partial charge in [0.25, 0.3) is 0 Å². The quantitative estimate of drug-likeness (QED) is 0.821. The lowest BCUT2D eigenvalue weighted by Gasteiger charge is -2.22. The van der Waals surface area contributed by atoms with Crippen LogP contribution in [-0.4, -0.2) is 35.1 Å². The van der Waals surface area contributed by atoms with Gasteiger partial charge in [0, 0.05) is 25.9 Å². The van der Waals surface area contributed by atoms with Crippen LogP contribution in [-0.2, 0) is 23.3 Å². The van der Waals surface area contributed by atoms with Gasteiger partial charge in [-0.25, -0.2) is 9.97 Å². The Morgan fingerprint density at radius 1 is 1.22 bits per heavy atom. The maximum atomic E-state index is 5.85. The molecule has 0 bridgehead atoms. The number of benzene rings is 1. The molecule has 1 aromatic carbocycles. The number of likely N-dealkylation sites (N-methyl/N-ethyl adjacent to an activating group) is 1. The van der Waals surface area contributed by atoms with E-state index in [0.29, 0.717) is 0 Å². The van der Waals surface area contributed by atoms with E-state index in [1.807, 2.05) is 12.3 Å². The summed E-state index contributed by atoms with van der Waals surface area (Å²) >= 11 is 0. The van der Waals surface area contributed by atoms with Gasteiger partial charge in [0.2, 0.25) is 0 Å². The average Bonchev–Trinajstić information content (AvgIpc) is 3.02. The number of ether oxygens (including phenoxy) is 1. The van der Waals surface area contributed by atoms with Crippen LogP contribution < -0.4 is 0 Å². The fourth-order valence-corrected chi connectivity index (χ4v) is 3.01. The minimum atomic E-state index is -0.307. The van der Waals surface area contributed by atoms with Gasteiger partial charge in [-0.05, 0) is 44.9 Å². The number of rotatable bonds is 6. The van der Waals surface area contributed by atoms with Gasteiger partial charge in [0.15, 0.2) is 5.82 Å². The third-order valence-electron chi connectivity index (χ3n) is 4.46. The van der Waals surface area contributed by atoms with E-state index in [4.69, 9.17) is 9.72 Å². The topological polar surface area (TPSA) is 38.2 Å². The lowest BCUT2D eigenvalue weighted by molar-refractivity contribution is 0.00904. The summed E-state index contributed by atoms with van der Waals surface area (Å²) in [4.78, 5) is 11.5. The van der Waals surface area contributed by atoms with Crippen molar-refractivity contribution in [3.63, 3.8) is 0 Å². The Bertz CT molecular complexity index is 624. The molecule has 0 saturated carbocycles. The Morgan fingerprint density at radius 3 is 2.78 bits per heavy atom. The summed E-state index contributed by atoms with van der Waals surface area (Å²) in [5.41, 5.74) is 2.12. The molecule has 3 rings (SSSR count). The Labute approximate surface area is 138 Å². The second-order valence-electron chi connectivity index (χ2n) is 6.53. The van der Waals surface area contributed by atoms with E-state index in [1.165, 1.54) is 5.56 Å². The third-order valence-corrected chi connectivity index (χ3v) is 4.46. The molecule has 0 aliphatic carbocycles. The van der Waals surface area contributed by atoms with Crippen molar-refractivity contribution in [3.05, 3.63) is 59.7 Å². The zero-order valence-corrected chi connectivity index (χ0v) is 14.0. The van der Waals surface area contributed by atoms with Gasteiger partial charge in [-0.15, -0.1) is 0 Å². The molecule has 1 aliphatic rings. The van der Waals surface area contributed by atoms with E-state index in [0.717, 1.165) is 50.5 Å². The number of aromatic nitrogens is 2. The zero-order chi connectivity index (χ0) is 16.1. The van der Waals surface area contributed by atoms with E-state index in [-0.39, 0.29) is 5.60 Å². The van der Waals surface area contributed by atoms with Crippen molar-refractivity contribution in [3.8, 4) is 0 Å². The molecule has 1 aliphatic heterocycles. The van der Waals surface area contributed by atoms with Crippen molar-refractivity contribution < 1.29 is 4.74 Å². The Hall–Kier alpha value is -1.78. The molecule has 4 nitrogen and oxygen atoms in total. The van der Waals surface area contributed by atoms with E-state index in [9.17, 15) is 0 Å². The minimum Gasteiger partial charge on any atom is -0.367 e. The molecule has 1 aromatic heterocycles. The lowest BCUT2D eigenvalue weighted by atomic mass is 10.0. The van der Waals surface area contributed by atoms with Crippen LogP contribution in [0.15, 0.2) is 42.6 Å². The highest BCUT2D eigenvalue weighted by atomic mass is 16.5. The van der Waals surface area contributed by atoms with Gasteiger partial charge in [0.1, 0.15) is 5.60 Å². The number of hydrogen-bond acceptors (Lipinski definition) is 4. The van der Waals surface area contributed by atoms with Crippen LogP contribution in [0.25, 0.3) is 0 Å². The Kier molecular flexibility index (Phi) is 5.03. The van der Waals surface area contributed by atoms with Crippen molar-refractivity contribution in [1.82, 2.24) is 14.9 Å². The molecule has 0 spiro atoms. The predicted molar refractivity (Wildman–Crippen MR) is 91.1 cm³/mol. The van der Waals surface area contributed by atoms with Gasteiger partial charge in [0.05, 0.1) is 5.69 Å². The molecule has 4 heteroatoms. The van der Waals surface area contributed by atoms with E-state index < -0.39 is 0 Å². The van der Waals surface area contributed by atoms with Crippen LogP contribution in [0.5, 0.6) is 0 Å². The van der Waals surface area contributed by atoms with Gasteiger partial charge in [-0.1, -0.05) is 30.3 Å². The normalized spacial score (nSPS) is 21.0. The summed E-state index contributed by atoms with van der Waals surface area (Å²) in [5, 5.41) is 0. The lowest BCUT2D eigenvalue weighted by Crippen LogP contribution is -2.26. The first kappa shape index (κ1) is 16.1. The first-order valence-corrected chi connectivity index (χ1v) is 8.34. The molecule has 1 saturated heterocycles. The highest BCUT2D eigenvalue weighted by Gasteiger charge is 2.34. The molecule has 1 fully saturated rings. The maximum Gasteiger partial charge on any atom is 0.160 e. The second kappa shape index (κ2) is 7.20. The molecular weight excluding hydrogens is 286 g/mol. The van der Waals surface area contributed by atoms with Crippen molar-refractivity contribution in [2.45, 2.75) is 38.3 Å². The van der Waals surface area contributed by atoms with E-state index in [2.05, 4.69) is 54.2 Å². The highest BCUT2D eigenvalue weighted by molar-refractivity contribution is 5.15. The summed E-state index contributed by atoms with van der Waals surface area (Å²) in [6.45, 7) is 4.74.